The van der Waals surface area contributed by atoms with Gasteiger partial charge in [0.1, 0.15) is 0 Å². The summed E-state index contributed by atoms with van der Waals surface area (Å²) in [6, 6.07) is -0.0313. The van der Waals surface area contributed by atoms with Gasteiger partial charge in [-0.3, -0.25) is 4.79 Å². The van der Waals surface area contributed by atoms with Crippen LogP contribution in [-0.2, 0) is 9.53 Å². The molecule has 1 rings (SSSR count). The average Bonchev–Trinajstić information content (AvgIpc) is 2.19. The zero-order valence-corrected chi connectivity index (χ0v) is 8.79. The highest BCUT2D eigenvalue weighted by Gasteiger charge is 2.22. The molecule has 1 aliphatic heterocycles. The lowest BCUT2D eigenvalue weighted by Crippen LogP contribution is -2.40. The van der Waals surface area contributed by atoms with Crippen LogP contribution in [0.2, 0.25) is 0 Å². The van der Waals surface area contributed by atoms with Gasteiger partial charge in [0, 0.05) is 6.04 Å². The second-order valence-corrected chi connectivity index (χ2v) is 3.76. The van der Waals surface area contributed by atoms with Crippen LogP contribution in [0, 0.1) is 5.92 Å². The fourth-order valence-electron chi connectivity index (χ4n) is 1.85. The normalized spacial score (nSPS) is 20.4. The summed E-state index contributed by atoms with van der Waals surface area (Å²) in [5.74, 6) is 0.305. The van der Waals surface area contributed by atoms with Gasteiger partial charge in [0.15, 0.2) is 0 Å². The second kappa shape index (κ2) is 5.98. The molecule has 0 spiro atoms. The summed E-state index contributed by atoms with van der Waals surface area (Å²) in [7, 11) is 0. The van der Waals surface area contributed by atoms with Crippen LogP contribution in [0.25, 0.3) is 0 Å². The van der Waals surface area contributed by atoms with Gasteiger partial charge in [0.2, 0.25) is 0 Å². The number of esters is 1. The maximum Gasteiger partial charge on any atom is 0.307 e. The van der Waals surface area contributed by atoms with Crippen LogP contribution < -0.4 is 11.1 Å². The van der Waals surface area contributed by atoms with Crippen LogP contribution >= 0.6 is 0 Å². The second-order valence-electron chi connectivity index (χ2n) is 3.76. The van der Waals surface area contributed by atoms with E-state index in [2.05, 4.69) is 5.32 Å². The third-order valence-corrected chi connectivity index (χ3v) is 2.70. The molecule has 14 heavy (non-hydrogen) atoms. The molecule has 4 heteroatoms. The molecule has 4 nitrogen and oxygen atoms in total. The first kappa shape index (κ1) is 11.5. The molecule has 1 fully saturated rings. The Hall–Kier alpha value is -0.610. The predicted octanol–water partition coefficient (Wildman–Crippen LogP) is 0.267. The SMILES string of the molecule is CCOC(=O)CC(N)C1CCNCC1. The predicted molar refractivity (Wildman–Crippen MR) is 54.8 cm³/mol. The van der Waals surface area contributed by atoms with E-state index in [0.29, 0.717) is 18.9 Å². The molecule has 3 N–H and O–H groups in total. The van der Waals surface area contributed by atoms with Crippen molar-refractivity contribution in [1.82, 2.24) is 5.32 Å². The zero-order chi connectivity index (χ0) is 10.4. The van der Waals surface area contributed by atoms with E-state index in [1.54, 1.807) is 0 Å². The topological polar surface area (TPSA) is 64.3 Å². The van der Waals surface area contributed by atoms with E-state index in [1.165, 1.54) is 0 Å². The Balaban J connectivity index is 2.25. The Bertz CT molecular complexity index is 179. The monoisotopic (exact) mass is 200 g/mol. The molecule has 0 amide bonds. The number of nitrogens with two attached hydrogens (primary N) is 1. The molecule has 0 radical (unpaired) electrons. The Morgan fingerprint density at radius 1 is 1.57 bits per heavy atom. The van der Waals surface area contributed by atoms with Gasteiger partial charge in [0.05, 0.1) is 13.0 Å². The van der Waals surface area contributed by atoms with Gasteiger partial charge in [-0.1, -0.05) is 0 Å². The summed E-state index contributed by atoms with van der Waals surface area (Å²) < 4.78 is 4.87. The van der Waals surface area contributed by atoms with Gasteiger partial charge in [0.25, 0.3) is 0 Å². The van der Waals surface area contributed by atoms with Crippen LogP contribution in [0.1, 0.15) is 26.2 Å². The highest BCUT2D eigenvalue weighted by atomic mass is 16.5. The molecule has 1 saturated heterocycles. The minimum absolute atomic E-state index is 0.0313. The van der Waals surface area contributed by atoms with Crippen molar-refractivity contribution in [3.63, 3.8) is 0 Å². The molecule has 1 heterocycles. The van der Waals surface area contributed by atoms with Crippen LogP contribution in [0.15, 0.2) is 0 Å². The van der Waals surface area contributed by atoms with E-state index in [9.17, 15) is 4.79 Å². The van der Waals surface area contributed by atoms with E-state index in [4.69, 9.17) is 10.5 Å². The smallest absolute Gasteiger partial charge is 0.307 e. The summed E-state index contributed by atoms with van der Waals surface area (Å²) in [4.78, 5) is 11.2. The standard InChI is InChI=1S/C10H20N2O2/c1-2-14-10(13)7-9(11)8-3-5-12-6-4-8/h8-9,12H,2-7,11H2,1H3. The number of hydrogen-bond acceptors (Lipinski definition) is 4. The molecule has 0 aliphatic carbocycles. The molecule has 0 aromatic carbocycles. The maximum atomic E-state index is 11.2. The minimum atomic E-state index is -0.168. The average molecular weight is 200 g/mol. The van der Waals surface area contributed by atoms with Gasteiger partial charge in [-0.15, -0.1) is 0 Å². The molecule has 0 aromatic heterocycles. The van der Waals surface area contributed by atoms with Crippen molar-refractivity contribution >= 4 is 5.97 Å². The highest BCUT2D eigenvalue weighted by Crippen LogP contribution is 2.17. The van der Waals surface area contributed by atoms with E-state index in [1.807, 2.05) is 6.92 Å². The minimum Gasteiger partial charge on any atom is -0.466 e. The first-order valence-corrected chi connectivity index (χ1v) is 5.36. The van der Waals surface area contributed by atoms with Crippen molar-refractivity contribution in [1.29, 1.82) is 0 Å². The summed E-state index contributed by atoms with van der Waals surface area (Å²) in [5, 5.41) is 3.28. The van der Waals surface area contributed by atoms with Crippen molar-refractivity contribution < 1.29 is 9.53 Å². The van der Waals surface area contributed by atoms with Gasteiger partial charge >= 0.3 is 5.97 Å². The van der Waals surface area contributed by atoms with Gasteiger partial charge < -0.3 is 15.8 Å². The van der Waals surface area contributed by atoms with Gasteiger partial charge in [-0.25, -0.2) is 0 Å². The molecule has 82 valence electrons. The molecular formula is C10H20N2O2. The number of hydrogen-bond donors (Lipinski definition) is 2. The van der Waals surface area contributed by atoms with Crippen molar-refractivity contribution in [2.24, 2.45) is 11.7 Å². The van der Waals surface area contributed by atoms with Crippen molar-refractivity contribution in [2.45, 2.75) is 32.2 Å². The fraction of sp³-hybridized carbons (Fsp3) is 0.900. The summed E-state index contributed by atoms with van der Waals surface area (Å²) >= 11 is 0. The zero-order valence-electron chi connectivity index (χ0n) is 8.79. The summed E-state index contributed by atoms with van der Waals surface area (Å²) in [6.45, 7) is 4.29. The third-order valence-electron chi connectivity index (χ3n) is 2.70. The molecule has 1 aliphatic rings. The molecule has 1 atom stereocenters. The Morgan fingerprint density at radius 2 is 2.21 bits per heavy atom. The number of ether oxygens (including phenoxy) is 1. The number of carbonyl (C=O) groups excluding carboxylic acids is 1. The molecular weight excluding hydrogens is 180 g/mol. The Kier molecular flexibility index (Phi) is 4.90. The quantitative estimate of drug-likeness (QED) is 0.639. The van der Waals surface area contributed by atoms with E-state index in [-0.39, 0.29) is 12.0 Å². The Labute approximate surface area is 85.2 Å². The van der Waals surface area contributed by atoms with Crippen molar-refractivity contribution in [3.8, 4) is 0 Å². The largest absolute Gasteiger partial charge is 0.466 e. The number of rotatable bonds is 4. The van der Waals surface area contributed by atoms with Crippen LogP contribution in [0.4, 0.5) is 0 Å². The lowest BCUT2D eigenvalue weighted by Gasteiger charge is -2.27. The fourth-order valence-corrected chi connectivity index (χ4v) is 1.85. The molecule has 0 saturated carbocycles. The lowest BCUT2D eigenvalue weighted by molar-refractivity contribution is -0.143. The van der Waals surface area contributed by atoms with Crippen LogP contribution in [0.5, 0.6) is 0 Å². The van der Waals surface area contributed by atoms with E-state index in [0.717, 1.165) is 25.9 Å². The van der Waals surface area contributed by atoms with E-state index >= 15 is 0 Å². The van der Waals surface area contributed by atoms with Crippen LogP contribution in [0.3, 0.4) is 0 Å². The lowest BCUT2D eigenvalue weighted by atomic mass is 9.89. The summed E-state index contributed by atoms with van der Waals surface area (Å²) in [6.07, 6.45) is 2.50. The van der Waals surface area contributed by atoms with Gasteiger partial charge in [-0.2, -0.15) is 0 Å². The Morgan fingerprint density at radius 3 is 2.79 bits per heavy atom. The third kappa shape index (κ3) is 3.64. The highest BCUT2D eigenvalue weighted by molar-refractivity contribution is 5.70. The number of nitrogens with one attached hydrogen (secondary N) is 1. The van der Waals surface area contributed by atoms with Crippen molar-refractivity contribution in [3.05, 3.63) is 0 Å². The number of carbonyl (C=O) groups is 1. The first-order chi connectivity index (χ1) is 6.74. The first-order valence-electron chi connectivity index (χ1n) is 5.36. The van der Waals surface area contributed by atoms with Gasteiger partial charge in [-0.05, 0) is 38.8 Å². The summed E-state index contributed by atoms with van der Waals surface area (Å²) in [5.41, 5.74) is 5.95. The number of piperidine rings is 1. The molecule has 0 aromatic rings. The van der Waals surface area contributed by atoms with E-state index < -0.39 is 0 Å². The molecule has 0 bridgehead atoms. The molecule has 1 unspecified atom stereocenters. The maximum absolute atomic E-state index is 11.2. The van der Waals surface area contributed by atoms with Crippen LogP contribution in [-0.4, -0.2) is 31.7 Å². The van der Waals surface area contributed by atoms with Crippen molar-refractivity contribution in [2.75, 3.05) is 19.7 Å².